The molecule has 1 saturated carbocycles. The number of alkyl halides is 1. The molecule has 1 aliphatic rings. The molecule has 0 aromatic heterocycles. The number of halogens is 1. The second-order valence-electron chi connectivity index (χ2n) is 4.26. The van der Waals surface area contributed by atoms with E-state index in [1.807, 2.05) is 6.92 Å². The van der Waals surface area contributed by atoms with Crippen LogP contribution in [-0.2, 0) is 9.53 Å². The van der Waals surface area contributed by atoms with Crippen LogP contribution >= 0.6 is 11.6 Å². The fourth-order valence-corrected chi connectivity index (χ4v) is 1.94. The number of methoxy groups -OCH3 is 1. The van der Waals surface area contributed by atoms with Gasteiger partial charge in [0.25, 0.3) is 0 Å². The number of carbonyl (C=O) groups is 1. The highest BCUT2D eigenvalue weighted by Crippen LogP contribution is 2.36. The molecule has 1 amide bonds. The van der Waals surface area contributed by atoms with Gasteiger partial charge in [-0.05, 0) is 25.2 Å². The molecule has 3 nitrogen and oxygen atoms in total. The molecule has 0 spiro atoms. The maximum Gasteiger partial charge on any atom is 0.223 e. The topological polar surface area (TPSA) is 38.3 Å². The Morgan fingerprint density at radius 1 is 1.60 bits per heavy atom. The number of carbonyl (C=O) groups excluding carboxylic acids is 1. The van der Waals surface area contributed by atoms with Gasteiger partial charge in [0.2, 0.25) is 5.91 Å². The number of amides is 1. The lowest BCUT2D eigenvalue weighted by atomic mass is 10.1. The van der Waals surface area contributed by atoms with Crippen LogP contribution in [0.15, 0.2) is 0 Å². The summed E-state index contributed by atoms with van der Waals surface area (Å²) in [6.45, 7) is 2.54. The molecule has 0 bridgehead atoms. The molecule has 1 aliphatic carbocycles. The summed E-state index contributed by atoms with van der Waals surface area (Å²) in [5, 5.41) is 2.99. The molecule has 0 saturated heterocycles. The Kier molecular flexibility index (Phi) is 5.40. The zero-order valence-electron chi connectivity index (χ0n) is 9.46. The van der Waals surface area contributed by atoms with Crippen molar-refractivity contribution in [3.8, 4) is 0 Å². The number of ether oxygens (including phenoxy) is 1. The van der Waals surface area contributed by atoms with Crippen LogP contribution in [0.5, 0.6) is 0 Å². The fraction of sp³-hybridized carbons (Fsp3) is 0.909. The van der Waals surface area contributed by atoms with Gasteiger partial charge >= 0.3 is 0 Å². The summed E-state index contributed by atoms with van der Waals surface area (Å²) in [4.78, 5) is 11.8. The van der Waals surface area contributed by atoms with Gasteiger partial charge in [0, 0.05) is 18.9 Å². The summed E-state index contributed by atoms with van der Waals surface area (Å²) in [5.41, 5.74) is 0. The Labute approximate surface area is 96.5 Å². The second-order valence-corrected chi connectivity index (χ2v) is 4.64. The van der Waals surface area contributed by atoms with Gasteiger partial charge in [-0.25, -0.2) is 0 Å². The molecule has 1 fully saturated rings. The SMILES string of the molecule is COCC(CCCl)NC(=O)C(C)C1CC1. The van der Waals surface area contributed by atoms with Crippen molar-refractivity contribution in [2.24, 2.45) is 11.8 Å². The lowest BCUT2D eigenvalue weighted by Gasteiger charge is -2.19. The van der Waals surface area contributed by atoms with Crippen LogP contribution in [0.25, 0.3) is 0 Å². The first-order chi connectivity index (χ1) is 7.19. The monoisotopic (exact) mass is 233 g/mol. The van der Waals surface area contributed by atoms with Crippen molar-refractivity contribution in [1.82, 2.24) is 5.32 Å². The van der Waals surface area contributed by atoms with E-state index in [2.05, 4.69) is 5.32 Å². The predicted molar refractivity (Wildman–Crippen MR) is 61.0 cm³/mol. The third kappa shape index (κ3) is 4.39. The van der Waals surface area contributed by atoms with E-state index < -0.39 is 0 Å². The number of nitrogens with one attached hydrogen (secondary N) is 1. The van der Waals surface area contributed by atoms with Crippen LogP contribution in [-0.4, -0.2) is 31.5 Å². The summed E-state index contributed by atoms with van der Waals surface area (Å²) in [5.74, 6) is 1.43. The molecule has 0 aliphatic heterocycles. The first-order valence-electron chi connectivity index (χ1n) is 5.54. The largest absolute Gasteiger partial charge is 0.383 e. The maximum absolute atomic E-state index is 11.8. The van der Waals surface area contributed by atoms with Gasteiger partial charge in [0.05, 0.1) is 12.6 Å². The molecule has 0 aromatic rings. The van der Waals surface area contributed by atoms with E-state index in [1.165, 1.54) is 12.8 Å². The second kappa shape index (κ2) is 6.33. The number of hydrogen-bond acceptors (Lipinski definition) is 2. The molecule has 2 atom stereocenters. The van der Waals surface area contributed by atoms with E-state index in [0.717, 1.165) is 6.42 Å². The highest BCUT2D eigenvalue weighted by Gasteiger charge is 2.33. The quantitative estimate of drug-likeness (QED) is 0.681. The van der Waals surface area contributed by atoms with Crippen molar-refractivity contribution in [3.63, 3.8) is 0 Å². The van der Waals surface area contributed by atoms with Gasteiger partial charge in [-0.15, -0.1) is 11.6 Å². The first-order valence-corrected chi connectivity index (χ1v) is 6.07. The minimum Gasteiger partial charge on any atom is -0.383 e. The smallest absolute Gasteiger partial charge is 0.223 e. The van der Waals surface area contributed by atoms with Crippen molar-refractivity contribution in [1.29, 1.82) is 0 Å². The summed E-state index contributed by atoms with van der Waals surface area (Å²) in [7, 11) is 1.64. The molecule has 4 heteroatoms. The predicted octanol–water partition coefficient (Wildman–Crippen LogP) is 1.79. The van der Waals surface area contributed by atoms with E-state index in [0.29, 0.717) is 18.4 Å². The summed E-state index contributed by atoms with van der Waals surface area (Å²) in [6.07, 6.45) is 3.15. The molecule has 0 heterocycles. The van der Waals surface area contributed by atoms with Gasteiger partial charge < -0.3 is 10.1 Å². The van der Waals surface area contributed by atoms with E-state index in [4.69, 9.17) is 16.3 Å². The molecule has 15 heavy (non-hydrogen) atoms. The van der Waals surface area contributed by atoms with E-state index in [1.54, 1.807) is 7.11 Å². The maximum atomic E-state index is 11.8. The van der Waals surface area contributed by atoms with Crippen molar-refractivity contribution in [2.45, 2.75) is 32.2 Å². The van der Waals surface area contributed by atoms with Crippen LogP contribution in [0.4, 0.5) is 0 Å². The zero-order chi connectivity index (χ0) is 11.3. The van der Waals surface area contributed by atoms with Crippen molar-refractivity contribution in [2.75, 3.05) is 19.6 Å². The van der Waals surface area contributed by atoms with E-state index in [9.17, 15) is 4.79 Å². The zero-order valence-corrected chi connectivity index (χ0v) is 10.2. The Morgan fingerprint density at radius 3 is 2.73 bits per heavy atom. The molecule has 1 N–H and O–H groups in total. The summed E-state index contributed by atoms with van der Waals surface area (Å²) >= 11 is 5.66. The van der Waals surface area contributed by atoms with Crippen LogP contribution in [0.3, 0.4) is 0 Å². The van der Waals surface area contributed by atoms with Crippen LogP contribution in [0.1, 0.15) is 26.2 Å². The molecule has 88 valence electrons. The molecular weight excluding hydrogens is 214 g/mol. The van der Waals surface area contributed by atoms with Crippen LogP contribution in [0, 0.1) is 11.8 Å². The van der Waals surface area contributed by atoms with Gasteiger partial charge in [-0.3, -0.25) is 4.79 Å². The number of rotatable bonds is 7. The average Bonchev–Trinajstić information content (AvgIpc) is 3.00. The molecule has 0 aromatic carbocycles. The highest BCUT2D eigenvalue weighted by atomic mass is 35.5. The third-order valence-electron chi connectivity index (χ3n) is 2.91. The Morgan fingerprint density at radius 2 is 2.27 bits per heavy atom. The van der Waals surface area contributed by atoms with Crippen LogP contribution < -0.4 is 5.32 Å². The summed E-state index contributed by atoms with van der Waals surface area (Å²) in [6, 6.07) is 0.0567. The minimum absolute atomic E-state index is 0.0567. The normalized spacial score (nSPS) is 19.7. The van der Waals surface area contributed by atoms with Gasteiger partial charge in [0.1, 0.15) is 0 Å². The Balaban J connectivity index is 2.31. The van der Waals surface area contributed by atoms with Crippen molar-refractivity contribution in [3.05, 3.63) is 0 Å². The summed E-state index contributed by atoms with van der Waals surface area (Å²) < 4.78 is 5.04. The van der Waals surface area contributed by atoms with Gasteiger partial charge in [-0.2, -0.15) is 0 Å². The fourth-order valence-electron chi connectivity index (χ4n) is 1.67. The lowest BCUT2D eigenvalue weighted by Crippen LogP contribution is -2.41. The average molecular weight is 234 g/mol. The van der Waals surface area contributed by atoms with Gasteiger partial charge in [0.15, 0.2) is 0 Å². The molecule has 1 rings (SSSR count). The minimum atomic E-state index is 0.0567. The van der Waals surface area contributed by atoms with E-state index >= 15 is 0 Å². The Bertz CT molecular complexity index is 201. The lowest BCUT2D eigenvalue weighted by molar-refractivity contribution is -0.126. The molecule has 2 unspecified atom stereocenters. The highest BCUT2D eigenvalue weighted by molar-refractivity contribution is 6.17. The standard InChI is InChI=1S/C11H20ClNO2/c1-8(9-3-4-9)11(14)13-10(5-6-12)7-15-2/h8-10H,3-7H2,1-2H3,(H,13,14). The Hall–Kier alpha value is -0.280. The van der Waals surface area contributed by atoms with Crippen molar-refractivity contribution >= 4 is 17.5 Å². The van der Waals surface area contributed by atoms with E-state index in [-0.39, 0.29) is 17.9 Å². The molecule has 0 radical (unpaired) electrons. The molecular formula is C11H20ClNO2. The van der Waals surface area contributed by atoms with Gasteiger partial charge in [-0.1, -0.05) is 6.92 Å². The van der Waals surface area contributed by atoms with Crippen LogP contribution in [0.2, 0.25) is 0 Å². The number of hydrogen-bond donors (Lipinski definition) is 1. The third-order valence-corrected chi connectivity index (χ3v) is 3.13. The first kappa shape index (κ1) is 12.8. The van der Waals surface area contributed by atoms with Crippen molar-refractivity contribution < 1.29 is 9.53 Å².